The number of nitrogens with zero attached hydrogens (tertiary/aromatic N) is 2. The van der Waals surface area contributed by atoms with Gasteiger partial charge in [-0.15, -0.1) is 11.3 Å². The van der Waals surface area contributed by atoms with E-state index in [2.05, 4.69) is 31.2 Å². The lowest BCUT2D eigenvalue weighted by atomic mass is 10.1. The summed E-state index contributed by atoms with van der Waals surface area (Å²) in [6.45, 7) is 4.23. The molecule has 0 atom stereocenters. The number of aromatic nitrogens is 2. The Balaban J connectivity index is 1.75. The van der Waals surface area contributed by atoms with E-state index >= 15 is 0 Å². The fourth-order valence-electron chi connectivity index (χ4n) is 2.34. The van der Waals surface area contributed by atoms with E-state index in [1.165, 1.54) is 0 Å². The van der Waals surface area contributed by atoms with Crippen molar-refractivity contribution in [2.75, 3.05) is 0 Å². The van der Waals surface area contributed by atoms with Gasteiger partial charge in [-0.2, -0.15) is 0 Å². The van der Waals surface area contributed by atoms with Crippen LogP contribution >= 0.6 is 27.3 Å². The van der Waals surface area contributed by atoms with Gasteiger partial charge >= 0.3 is 0 Å². The Morgan fingerprint density at radius 1 is 1.21 bits per heavy atom. The van der Waals surface area contributed by atoms with Gasteiger partial charge in [-0.3, -0.25) is 9.78 Å². The Morgan fingerprint density at radius 3 is 2.71 bits per heavy atom. The molecule has 1 N–H and O–H groups in total. The first-order valence-electron chi connectivity index (χ1n) is 7.46. The predicted octanol–water partition coefficient (Wildman–Crippen LogP) is 4.51. The summed E-state index contributed by atoms with van der Waals surface area (Å²) in [6, 6.07) is 11.6. The smallest absolute Gasteiger partial charge is 0.253 e. The molecule has 0 bridgehead atoms. The molecule has 0 spiro atoms. The van der Waals surface area contributed by atoms with Crippen molar-refractivity contribution in [3.05, 3.63) is 68.2 Å². The lowest BCUT2D eigenvalue weighted by Gasteiger charge is -2.08. The Bertz CT molecular complexity index is 891. The van der Waals surface area contributed by atoms with E-state index in [1.807, 2.05) is 55.6 Å². The van der Waals surface area contributed by atoms with Gasteiger partial charge < -0.3 is 5.32 Å². The van der Waals surface area contributed by atoms with Crippen molar-refractivity contribution in [2.24, 2.45) is 0 Å². The van der Waals surface area contributed by atoms with E-state index in [-0.39, 0.29) is 5.91 Å². The number of rotatable bonds is 4. The summed E-state index contributed by atoms with van der Waals surface area (Å²) < 4.78 is 1.00. The summed E-state index contributed by atoms with van der Waals surface area (Å²) in [6.07, 6.45) is 0. The van der Waals surface area contributed by atoms with E-state index in [1.54, 1.807) is 11.3 Å². The highest BCUT2D eigenvalue weighted by Crippen LogP contribution is 2.22. The Morgan fingerprint density at radius 2 is 2.04 bits per heavy atom. The van der Waals surface area contributed by atoms with Crippen molar-refractivity contribution in [1.29, 1.82) is 0 Å². The van der Waals surface area contributed by atoms with E-state index < -0.39 is 0 Å². The highest BCUT2D eigenvalue weighted by atomic mass is 79.9. The average molecular weight is 402 g/mol. The first-order chi connectivity index (χ1) is 11.5. The summed E-state index contributed by atoms with van der Waals surface area (Å²) in [7, 11) is 0. The molecule has 122 valence electrons. The lowest BCUT2D eigenvalue weighted by molar-refractivity contribution is 0.0950. The topological polar surface area (TPSA) is 54.9 Å². The Hall–Kier alpha value is -2.05. The molecule has 0 saturated carbocycles. The minimum absolute atomic E-state index is 0.131. The van der Waals surface area contributed by atoms with Crippen molar-refractivity contribution >= 4 is 33.2 Å². The molecular formula is C18H16BrN3OS. The maximum absolute atomic E-state index is 12.4. The molecule has 6 heteroatoms. The van der Waals surface area contributed by atoms with Crippen molar-refractivity contribution in [1.82, 2.24) is 15.3 Å². The summed E-state index contributed by atoms with van der Waals surface area (Å²) in [5.41, 5.74) is 4.13. The predicted molar refractivity (Wildman–Crippen MR) is 100 cm³/mol. The molecule has 0 aliphatic heterocycles. The zero-order valence-corrected chi connectivity index (χ0v) is 15.7. The second kappa shape index (κ2) is 7.23. The maximum Gasteiger partial charge on any atom is 0.253 e. The van der Waals surface area contributed by atoms with Crippen LogP contribution < -0.4 is 5.32 Å². The van der Waals surface area contributed by atoms with Crippen molar-refractivity contribution in [3.63, 3.8) is 0 Å². The molecule has 24 heavy (non-hydrogen) atoms. The summed E-state index contributed by atoms with van der Waals surface area (Å²) >= 11 is 5.01. The van der Waals surface area contributed by atoms with Crippen LogP contribution in [-0.2, 0) is 6.54 Å². The summed E-state index contributed by atoms with van der Waals surface area (Å²) in [5.74, 6) is -0.131. The van der Waals surface area contributed by atoms with Crippen LogP contribution in [0.4, 0.5) is 0 Å². The SMILES string of the molecule is Cc1csc(CNC(=O)c2ccc(-c3cccc(Br)c3)nc2C)n1. The number of amides is 1. The molecule has 3 aromatic rings. The van der Waals surface area contributed by atoms with Crippen molar-refractivity contribution < 1.29 is 4.79 Å². The quantitative estimate of drug-likeness (QED) is 0.699. The highest BCUT2D eigenvalue weighted by Gasteiger charge is 2.12. The van der Waals surface area contributed by atoms with Crippen LogP contribution in [0.3, 0.4) is 0 Å². The van der Waals surface area contributed by atoms with Gasteiger partial charge in [0.15, 0.2) is 0 Å². The van der Waals surface area contributed by atoms with Gasteiger partial charge in [0, 0.05) is 21.1 Å². The number of carbonyl (C=O) groups excluding carboxylic acids is 1. The van der Waals surface area contributed by atoms with E-state index in [0.29, 0.717) is 17.8 Å². The number of carbonyl (C=O) groups is 1. The Kier molecular flexibility index (Phi) is 5.06. The Labute approximate surface area is 153 Å². The molecule has 0 unspecified atom stereocenters. The molecule has 1 amide bonds. The fourth-order valence-corrected chi connectivity index (χ4v) is 3.46. The number of pyridine rings is 1. The standard InChI is InChI=1S/C18H16BrN3OS/c1-11-10-24-17(21-11)9-20-18(23)15-6-7-16(22-12(15)2)13-4-3-5-14(19)8-13/h3-8,10H,9H2,1-2H3,(H,20,23). The molecule has 0 saturated heterocycles. The number of thiazole rings is 1. The van der Waals surface area contributed by atoms with E-state index in [9.17, 15) is 4.79 Å². The molecule has 0 aliphatic carbocycles. The third-order valence-corrected chi connectivity index (χ3v) is 4.98. The van der Waals surface area contributed by atoms with Crippen LogP contribution in [0.2, 0.25) is 0 Å². The van der Waals surface area contributed by atoms with Crippen LogP contribution in [0, 0.1) is 13.8 Å². The van der Waals surface area contributed by atoms with Gasteiger partial charge in [-0.1, -0.05) is 28.1 Å². The minimum atomic E-state index is -0.131. The zero-order chi connectivity index (χ0) is 17.1. The largest absolute Gasteiger partial charge is 0.345 e. The van der Waals surface area contributed by atoms with Crippen molar-refractivity contribution in [3.8, 4) is 11.3 Å². The van der Waals surface area contributed by atoms with Crippen LogP contribution in [-0.4, -0.2) is 15.9 Å². The summed E-state index contributed by atoms with van der Waals surface area (Å²) in [4.78, 5) is 21.3. The number of benzene rings is 1. The number of nitrogens with one attached hydrogen (secondary N) is 1. The van der Waals surface area contributed by atoms with E-state index in [0.717, 1.165) is 26.4 Å². The number of halogens is 1. The van der Waals surface area contributed by atoms with Crippen LogP contribution in [0.5, 0.6) is 0 Å². The second-order valence-corrected chi connectivity index (χ2v) is 7.26. The van der Waals surface area contributed by atoms with Gasteiger partial charge in [0.05, 0.1) is 23.5 Å². The first kappa shape index (κ1) is 16.8. The molecule has 3 rings (SSSR count). The second-order valence-electron chi connectivity index (χ2n) is 5.41. The lowest BCUT2D eigenvalue weighted by Crippen LogP contribution is -2.24. The van der Waals surface area contributed by atoms with Gasteiger partial charge in [0.2, 0.25) is 0 Å². The normalized spacial score (nSPS) is 10.6. The zero-order valence-electron chi connectivity index (χ0n) is 13.3. The molecule has 0 fully saturated rings. The first-order valence-corrected chi connectivity index (χ1v) is 9.13. The molecule has 1 aromatic carbocycles. The van der Waals surface area contributed by atoms with Crippen molar-refractivity contribution in [2.45, 2.75) is 20.4 Å². The number of aryl methyl sites for hydroxylation is 2. The van der Waals surface area contributed by atoms with Gasteiger partial charge in [-0.05, 0) is 38.1 Å². The van der Waals surface area contributed by atoms with E-state index in [4.69, 9.17) is 0 Å². The number of hydrogen-bond acceptors (Lipinski definition) is 4. The van der Waals surface area contributed by atoms with Crippen LogP contribution in [0.1, 0.15) is 26.8 Å². The summed E-state index contributed by atoms with van der Waals surface area (Å²) in [5, 5.41) is 5.77. The fraction of sp³-hybridized carbons (Fsp3) is 0.167. The number of hydrogen-bond donors (Lipinski definition) is 1. The minimum Gasteiger partial charge on any atom is -0.345 e. The average Bonchev–Trinajstić information content (AvgIpc) is 2.98. The van der Waals surface area contributed by atoms with Crippen LogP contribution in [0.15, 0.2) is 46.3 Å². The monoisotopic (exact) mass is 401 g/mol. The maximum atomic E-state index is 12.4. The van der Waals surface area contributed by atoms with Gasteiger partial charge in [0.25, 0.3) is 5.91 Å². The molecular weight excluding hydrogens is 386 g/mol. The van der Waals surface area contributed by atoms with Gasteiger partial charge in [-0.25, -0.2) is 4.98 Å². The third-order valence-electron chi connectivity index (χ3n) is 3.52. The molecule has 0 radical (unpaired) electrons. The molecule has 2 heterocycles. The highest BCUT2D eigenvalue weighted by molar-refractivity contribution is 9.10. The third kappa shape index (κ3) is 3.88. The molecule has 2 aromatic heterocycles. The molecule has 0 aliphatic rings. The van der Waals surface area contributed by atoms with Gasteiger partial charge in [0.1, 0.15) is 5.01 Å². The van der Waals surface area contributed by atoms with Crippen LogP contribution in [0.25, 0.3) is 11.3 Å². The molecule has 4 nitrogen and oxygen atoms in total.